The van der Waals surface area contributed by atoms with Crippen molar-refractivity contribution in [2.75, 3.05) is 33.8 Å². The molecule has 2 heterocycles. The molecule has 33 heavy (non-hydrogen) atoms. The maximum absolute atomic E-state index is 13.6. The van der Waals surface area contributed by atoms with Crippen LogP contribution in [0.5, 0.6) is 5.75 Å². The number of carbonyl (C=O) groups is 2. The van der Waals surface area contributed by atoms with Gasteiger partial charge in [-0.2, -0.15) is 0 Å². The number of likely N-dealkylation sites (N-methyl/N-ethyl adjacent to an activating group) is 1. The first-order valence-electron chi connectivity index (χ1n) is 10.7. The average molecular weight is 447 g/mol. The number of benzene rings is 2. The first-order valence-corrected chi connectivity index (χ1v) is 10.7. The molecule has 0 saturated carbocycles. The molecule has 170 valence electrons. The Morgan fingerprint density at radius 1 is 1.21 bits per heavy atom. The minimum atomic E-state index is -0.773. The fourth-order valence-electron chi connectivity index (χ4n) is 3.93. The number of furan rings is 1. The zero-order valence-corrected chi connectivity index (χ0v) is 18.7. The zero-order chi connectivity index (χ0) is 23.5. The van der Waals surface area contributed by atoms with Crippen molar-refractivity contribution in [1.29, 1.82) is 0 Å². The second-order valence-corrected chi connectivity index (χ2v) is 8.12. The lowest BCUT2D eigenvalue weighted by atomic mass is 9.95. The molecule has 1 amide bonds. The molecule has 0 aliphatic carbocycles. The third-order valence-corrected chi connectivity index (χ3v) is 5.53. The van der Waals surface area contributed by atoms with E-state index >= 15 is 0 Å². The Labute approximate surface area is 192 Å². The van der Waals surface area contributed by atoms with Crippen LogP contribution in [0.4, 0.5) is 0 Å². The first kappa shape index (κ1) is 22.4. The van der Waals surface area contributed by atoms with Crippen LogP contribution in [0.2, 0.25) is 0 Å². The number of ketones is 1. The molecule has 0 radical (unpaired) electrons. The number of aliphatic hydroxyl groups is 1. The summed E-state index contributed by atoms with van der Waals surface area (Å²) in [7, 11) is 3.79. The van der Waals surface area contributed by atoms with Crippen molar-refractivity contribution in [2.45, 2.75) is 6.04 Å². The highest BCUT2D eigenvalue weighted by Crippen LogP contribution is 2.40. The van der Waals surface area contributed by atoms with Gasteiger partial charge in [0.2, 0.25) is 5.78 Å². The minimum absolute atomic E-state index is 0.00122. The molecule has 1 aromatic heterocycles. The predicted molar refractivity (Wildman–Crippen MR) is 125 cm³/mol. The minimum Gasteiger partial charge on any atom is -0.503 e. The number of hydrogen-bond acceptors (Lipinski definition) is 6. The number of Topliss-reactive ketones (excluding diaryl/α,β-unsaturated/α-hetero) is 1. The number of fused-ring (bicyclic) bond motifs is 1. The van der Waals surface area contributed by atoms with Crippen molar-refractivity contribution < 1.29 is 23.8 Å². The van der Waals surface area contributed by atoms with Crippen LogP contribution in [0.1, 0.15) is 22.2 Å². The number of ether oxygens (including phenoxy) is 1. The van der Waals surface area contributed by atoms with Crippen LogP contribution in [0.3, 0.4) is 0 Å². The Bertz CT molecular complexity index is 1210. The Hall–Kier alpha value is -3.84. The van der Waals surface area contributed by atoms with E-state index in [2.05, 4.69) is 6.58 Å². The lowest BCUT2D eigenvalue weighted by molar-refractivity contribution is -0.129. The molecular weight excluding hydrogens is 420 g/mol. The summed E-state index contributed by atoms with van der Waals surface area (Å²) in [5, 5.41) is 11.6. The lowest BCUT2D eigenvalue weighted by Gasteiger charge is -2.28. The van der Waals surface area contributed by atoms with Crippen molar-refractivity contribution in [3.8, 4) is 5.75 Å². The average Bonchev–Trinajstić information content (AvgIpc) is 3.35. The molecule has 0 fully saturated rings. The molecule has 7 heteroatoms. The number of aliphatic hydroxyl groups excluding tert-OH is 1. The number of hydrogen-bond donors (Lipinski definition) is 1. The van der Waals surface area contributed by atoms with Crippen LogP contribution >= 0.6 is 0 Å². The van der Waals surface area contributed by atoms with Gasteiger partial charge in [-0.1, -0.05) is 43.0 Å². The second-order valence-electron chi connectivity index (χ2n) is 8.12. The summed E-state index contributed by atoms with van der Waals surface area (Å²) in [6, 6.07) is 15.3. The molecule has 0 bridgehead atoms. The molecule has 1 aliphatic heterocycles. The topological polar surface area (TPSA) is 83.2 Å². The van der Waals surface area contributed by atoms with Crippen LogP contribution in [0.15, 0.2) is 83.0 Å². The lowest BCUT2D eigenvalue weighted by Crippen LogP contribution is -2.36. The van der Waals surface area contributed by atoms with Crippen LogP contribution < -0.4 is 4.74 Å². The molecule has 7 nitrogen and oxygen atoms in total. The van der Waals surface area contributed by atoms with Gasteiger partial charge in [-0.3, -0.25) is 9.59 Å². The first-order chi connectivity index (χ1) is 15.9. The van der Waals surface area contributed by atoms with Gasteiger partial charge >= 0.3 is 0 Å². The molecule has 1 atom stereocenters. The standard InChI is InChI=1S/C26H26N2O5/c1-4-14-32-19-10-7-9-18(15-19)23-22(25(30)26(31)28(23)13-12-27(2)3)24(29)21-16-17-8-5-6-11-20(17)33-21/h4-11,15-16,23,30H,1,12-14H2,2-3H3. The summed E-state index contributed by atoms with van der Waals surface area (Å²) in [5.41, 5.74) is 1.22. The van der Waals surface area contributed by atoms with Gasteiger partial charge in [0.1, 0.15) is 17.9 Å². The molecule has 1 unspecified atom stereocenters. The van der Waals surface area contributed by atoms with Gasteiger partial charge in [0.15, 0.2) is 11.5 Å². The van der Waals surface area contributed by atoms with E-state index in [1.807, 2.05) is 43.3 Å². The highest BCUT2D eigenvalue weighted by atomic mass is 16.5. The van der Waals surface area contributed by atoms with Gasteiger partial charge in [-0.05, 0) is 43.9 Å². The van der Waals surface area contributed by atoms with Crippen molar-refractivity contribution in [2.24, 2.45) is 0 Å². The second kappa shape index (κ2) is 9.34. The smallest absolute Gasteiger partial charge is 0.290 e. The number of carbonyl (C=O) groups excluding carboxylic acids is 2. The summed E-state index contributed by atoms with van der Waals surface area (Å²) in [6.45, 7) is 4.87. The monoisotopic (exact) mass is 446 g/mol. The summed E-state index contributed by atoms with van der Waals surface area (Å²) in [5.74, 6) is -1.01. The van der Waals surface area contributed by atoms with Crippen LogP contribution in [-0.2, 0) is 4.79 Å². The SMILES string of the molecule is C=CCOc1cccc(C2C(C(=O)c3cc4ccccc4o3)=C(O)C(=O)N2CCN(C)C)c1. The van der Waals surface area contributed by atoms with Crippen molar-refractivity contribution in [3.05, 3.63) is 89.9 Å². The van der Waals surface area contributed by atoms with Crippen molar-refractivity contribution in [3.63, 3.8) is 0 Å². The fraction of sp³-hybridized carbons (Fsp3) is 0.231. The summed E-state index contributed by atoms with van der Waals surface area (Å²) < 4.78 is 11.4. The van der Waals surface area contributed by atoms with Gasteiger partial charge in [-0.15, -0.1) is 0 Å². The van der Waals surface area contributed by atoms with E-state index in [4.69, 9.17) is 9.15 Å². The Kier molecular flexibility index (Phi) is 6.33. The van der Waals surface area contributed by atoms with Crippen molar-refractivity contribution in [1.82, 2.24) is 9.80 Å². The zero-order valence-electron chi connectivity index (χ0n) is 18.7. The number of para-hydroxylation sites is 1. The highest BCUT2D eigenvalue weighted by Gasteiger charge is 2.44. The summed E-state index contributed by atoms with van der Waals surface area (Å²) in [6.07, 6.45) is 1.64. The van der Waals surface area contributed by atoms with E-state index in [1.165, 1.54) is 4.90 Å². The molecular formula is C26H26N2O5. The molecule has 1 aliphatic rings. The van der Waals surface area contributed by atoms with E-state index in [1.54, 1.807) is 36.4 Å². The van der Waals surface area contributed by atoms with E-state index in [0.717, 1.165) is 5.39 Å². The summed E-state index contributed by atoms with van der Waals surface area (Å²) >= 11 is 0. The van der Waals surface area contributed by atoms with Gasteiger partial charge in [0, 0.05) is 18.5 Å². The van der Waals surface area contributed by atoms with E-state index in [9.17, 15) is 14.7 Å². The molecule has 0 saturated heterocycles. The van der Waals surface area contributed by atoms with Crippen molar-refractivity contribution >= 4 is 22.7 Å². The van der Waals surface area contributed by atoms with Crippen LogP contribution in [0.25, 0.3) is 11.0 Å². The van der Waals surface area contributed by atoms with E-state index in [-0.39, 0.29) is 11.3 Å². The molecule has 3 aromatic rings. The summed E-state index contributed by atoms with van der Waals surface area (Å²) in [4.78, 5) is 30.0. The molecule has 4 rings (SSSR count). The fourth-order valence-corrected chi connectivity index (χ4v) is 3.93. The van der Waals surface area contributed by atoms with Crippen LogP contribution in [0, 0.1) is 0 Å². The maximum Gasteiger partial charge on any atom is 0.290 e. The molecule has 1 N–H and O–H groups in total. The largest absolute Gasteiger partial charge is 0.503 e. The van der Waals surface area contributed by atoms with Gasteiger partial charge < -0.3 is 24.1 Å². The van der Waals surface area contributed by atoms with E-state index < -0.39 is 23.5 Å². The predicted octanol–water partition coefficient (Wildman–Crippen LogP) is 4.14. The third-order valence-electron chi connectivity index (χ3n) is 5.53. The molecule has 2 aromatic carbocycles. The number of rotatable bonds is 9. The van der Waals surface area contributed by atoms with Crippen LogP contribution in [-0.4, -0.2) is 60.4 Å². The van der Waals surface area contributed by atoms with Gasteiger partial charge in [-0.25, -0.2) is 0 Å². The highest BCUT2D eigenvalue weighted by molar-refractivity contribution is 6.16. The van der Waals surface area contributed by atoms with Gasteiger partial charge in [0.25, 0.3) is 5.91 Å². The Morgan fingerprint density at radius 3 is 2.73 bits per heavy atom. The Morgan fingerprint density at radius 2 is 2.00 bits per heavy atom. The van der Waals surface area contributed by atoms with E-state index in [0.29, 0.717) is 36.6 Å². The maximum atomic E-state index is 13.6. The molecule has 0 spiro atoms. The normalized spacial score (nSPS) is 16.2. The number of nitrogens with zero attached hydrogens (tertiary/aromatic N) is 2. The van der Waals surface area contributed by atoms with Gasteiger partial charge in [0.05, 0.1) is 11.6 Å². The third kappa shape index (κ3) is 4.40. The Balaban J connectivity index is 1.77. The number of amides is 1. The quantitative estimate of drug-likeness (QED) is 0.393.